The van der Waals surface area contributed by atoms with Crippen LogP contribution in [-0.2, 0) is 16.1 Å². The number of likely N-dealkylation sites (tertiary alicyclic amines) is 1. The van der Waals surface area contributed by atoms with Crippen molar-refractivity contribution < 1.29 is 9.59 Å². The van der Waals surface area contributed by atoms with Gasteiger partial charge in [-0.1, -0.05) is 30.3 Å². The predicted molar refractivity (Wildman–Crippen MR) is 100 cm³/mol. The average Bonchev–Trinajstić information content (AvgIpc) is 3.39. The number of hydrogen-bond donors (Lipinski definition) is 2. The van der Waals surface area contributed by atoms with E-state index in [2.05, 4.69) is 10.6 Å². The highest BCUT2D eigenvalue weighted by Crippen LogP contribution is 2.59. The van der Waals surface area contributed by atoms with Crippen molar-refractivity contribution in [3.8, 4) is 0 Å². The van der Waals surface area contributed by atoms with E-state index in [0.29, 0.717) is 17.9 Å². The third kappa shape index (κ3) is 3.63. The number of piperidine rings is 2. The Bertz CT molecular complexity index is 646. The molecule has 3 aliphatic rings. The molecule has 1 aromatic carbocycles. The van der Waals surface area contributed by atoms with E-state index in [-0.39, 0.29) is 17.7 Å². The molecule has 26 heavy (non-hydrogen) atoms. The molecular formula is C21H29N3O2. The minimum atomic E-state index is 0.0369. The average molecular weight is 355 g/mol. The molecule has 1 unspecified atom stereocenters. The zero-order valence-corrected chi connectivity index (χ0v) is 15.4. The summed E-state index contributed by atoms with van der Waals surface area (Å²) in [4.78, 5) is 27.3. The standard InChI is InChI=1S/C21H29N3O2/c25-19(23-15-16-4-2-1-3-5-16)17-6-12-24(13-7-17)20(26)18-14-21(18)8-10-22-11-9-21/h1-5,17-18,22H,6-15H2,(H,23,25). The Labute approximate surface area is 155 Å². The Hall–Kier alpha value is -1.88. The van der Waals surface area contributed by atoms with Gasteiger partial charge in [-0.3, -0.25) is 9.59 Å². The van der Waals surface area contributed by atoms with Gasteiger partial charge in [-0.15, -0.1) is 0 Å². The molecule has 0 aromatic heterocycles. The fraction of sp³-hybridized carbons (Fsp3) is 0.619. The summed E-state index contributed by atoms with van der Waals surface area (Å²) in [6.07, 6.45) is 4.93. The molecule has 1 saturated carbocycles. The van der Waals surface area contributed by atoms with E-state index in [1.165, 1.54) is 0 Å². The highest BCUT2D eigenvalue weighted by Gasteiger charge is 2.58. The molecule has 2 amide bonds. The maximum atomic E-state index is 12.8. The predicted octanol–water partition coefficient (Wildman–Crippen LogP) is 1.93. The van der Waals surface area contributed by atoms with Gasteiger partial charge in [0.15, 0.2) is 0 Å². The molecule has 3 fully saturated rings. The van der Waals surface area contributed by atoms with Gasteiger partial charge < -0.3 is 15.5 Å². The summed E-state index contributed by atoms with van der Waals surface area (Å²) in [5.41, 5.74) is 1.42. The van der Waals surface area contributed by atoms with Crippen LogP contribution in [0.4, 0.5) is 0 Å². The molecule has 1 aromatic rings. The zero-order chi connectivity index (χ0) is 18.0. The molecule has 2 saturated heterocycles. The number of nitrogens with one attached hydrogen (secondary N) is 2. The summed E-state index contributed by atoms with van der Waals surface area (Å²) in [5, 5.41) is 6.44. The van der Waals surface area contributed by atoms with Gasteiger partial charge in [0.1, 0.15) is 0 Å². The summed E-state index contributed by atoms with van der Waals surface area (Å²) >= 11 is 0. The molecule has 1 spiro atoms. The smallest absolute Gasteiger partial charge is 0.226 e. The summed E-state index contributed by atoms with van der Waals surface area (Å²) < 4.78 is 0. The van der Waals surface area contributed by atoms with E-state index in [9.17, 15) is 9.59 Å². The number of rotatable bonds is 4. The Balaban J connectivity index is 1.22. The van der Waals surface area contributed by atoms with Crippen LogP contribution in [0.3, 0.4) is 0 Å². The van der Waals surface area contributed by atoms with Crippen molar-refractivity contribution in [2.75, 3.05) is 26.2 Å². The topological polar surface area (TPSA) is 61.4 Å². The van der Waals surface area contributed by atoms with Crippen molar-refractivity contribution in [3.05, 3.63) is 35.9 Å². The molecule has 0 bridgehead atoms. The van der Waals surface area contributed by atoms with Crippen molar-refractivity contribution in [2.24, 2.45) is 17.3 Å². The van der Waals surface area contributed by atoms with Crippen LogP contribution in [0.15, 0.2) is 30.3 Å². The second kappa shape index (κ2) is 7.39. The Morgan fingerprint density at radius 2 is 1.81 bits per heavy atom. The monoisotopic (exact) mass is 355 g/mol. The van der Waals surface area contributed by atoms with Gasteiger partial charge in [-0.05, 0) is 56.2 Å². The molecular weight excluding hydrogens is 326 g/mol. The van der Waals surface area contributed by atoms with Crippen LogP contribution in [-0.4, -0.2) is 42.9 Å². The summed E-state index contributed by atoms with van der Waals surface area (Å²) in [7, 11) is 0. The van der Waals surface area contributed by atoms with Crippen molar-refractivity contribution in [2.45, 2.75) is 38.6 Å². The lowest BCUT2D eigenvalue weighted by molar-refractivity contribution is -0.137. The molecule has 4 rings (SSSR count). The summed E-state index contributed by atoms with van der Waals surface area (Å²) in [6.45, 7) is 4.14. The van der Waals surface area contributed by atoms with Gasteiger partial charge in [0, 0.05) is 31.5 Å². The molecule has 2 heterocycles. The van der Waals surface area contributed by atoms with Crippen molar-refractivity contribution >= 4 is 11.8 Å². The fourth-order valence-electron chi connectivity index (χ4n) is 4.69. The van der Waals surface area contributed by atoms with E-state index < -0.39 is 0 Å². The van der Waals surface area contributed by atoms with Gasteiger partial charge in [-0.2, -0.15) is 0 Å². The molecule has 1 aliphatic carbocycles. The van der Waals surface area contributed by atoms with Crippen LogP contribution in [0.1, 0.15) is 37.7 Å². The first kappa shape index (κ1) is 17.5. The summed E-state index contributed by atoms with van der Waals surface area (Å²) in [6, 6.07) is 9.99. The van der Waals surface area contributed by atoms with E-state index in [4.69, 9.17) is 0 Å². The first-order chi connectivity index (χ1) is 12.7. The fourth-order valence-corrected chi connectivity index (χ4v) is 4.69. The van der Waals surface area contributed by atoms with Gasteiger partial charge >= 0.3 is 0 Å². The second-order valence-corrected chi connectivity index (χ2v) is 8.17. The molecule has 5 nitrogen and oxygen atoms in total. The maximum absolute atomic E-state index is 12.8. The first-order valence-corrected chi connectivity index (χ1v) is 9.99. The minimum absolute atomic E-state index is 0.0369. The largest absolute Gasteiger partial charge is 0.352 e. The highest BCUT2D eigenvalue weighted by atomic mass is 16.2. The number of carbonyl (C=O) groups is 2. The lowest BCUT2D eigenvalue weighted by atomic mass is 9.90. The number of nitrogens with zero attached hydrogens (tertiary/aromatic N) is 1. The van der Waals surface area contributed by atoms with Crippen LogP contribution in [0.5, 0.6) is 0 Å². The van der Waals surface area contributed by atoms with E-state index in [0.717, 1.165) is 63.8 Å². The van der Waals surface area contributed by atoms with Crippen LogP contribution in [0.2, 0.25) is 0 Å². The van der Waals surface area contributed by atoms with Crippen molar-refractivity contribution in [1.82, 2.24) is 15.5 Å². The van der Waals surface area contributed by atoms with Crippen LogP contribution in [0, 0.1) is 17.3 Å². The molecule has 2 N–H and O–H groups in total. The Morgan fingerprint density at radius 3 is 2.50 bits per heavy atom. The molecule has 1 atom stereocenters. The zero-order valence-electron chi connectivity index (χ0n) is 15.4. The lowest BCUT2D eigenvalue weighted by Gasteiger charge is -2.32. The lowest BCUT2D eigenvalue weighted by Crippen LogP contribution is -2.44. The maximum Gasteiger partial charge on any atom is 0.226 e. The number of amides is 2. The molecule has 2 aliphatic heterocycles. The van der Waals surface area contributed by atoms with Crippen molar-refractivity contribution in [3.63, 3.8) is 0 Å². The highest BCUT2D eigenvalue weighted by molar-refractivity contribution is 5.83. The summed E-state index contributed by atoms with van der Waals surface area (Å²) in [5.74, 6) is 0.750. The van der Waals surface area contributed by atoms with Crippen LogP contribution < -0.4 is 10.6 Å². The number of carbonyl (C=O) groups excluding carboxylic acids is 2. The third-order valence-electron chi connectivity index (χ3n) is 6.57. The molecule has 140 valence electrons. The normalized spacial score (nSPS) is 25.1. The van der Waals surface area contributed by atoms with Crippen LogP contribution >= 0.6 is 0 Å². The molecule has 5 heteroatoms. The number of hydrogen-bond acceptors (Lipinski definition) is 3. The van der Waals surface area contributed by atoms with Gasteiger partial charge in [0.25, 0.3) is 0 Å². The van der Waals surface area contributed by atoms with E-state index >= 15 is 0 Å². The SMILES string of the molecule is O=C(NCc1ccccc1)C1CCN(C(=O)C2CC23CCNCC3)CC1. The minimum Gasteiger partial charge on any atom is -0.352 e. The third-order valence-corrected chi connectivity index (χ3v) is 6.57. The van der Waals surface area contributed by atoms with E-state index in [1.807, 2.05) is 35.2 Å². The van der Waals surface area contributed by atoms with Gasteiger partial charge in [0.2, 0.25) is 11.8 Å². The van der Waals surface area contributed by atoms with Gasteiger partial charge in [0.05, 0.1) is 0 Å². The Morgan fingerprint density at radius 1 is 1.12 bits per heavy atom. The van der Waals surface area contributed by atoms with E-state index in [1.54, 1.807) is 0 Å². The van der Waals surface area contributed by atoms with Gasteiger partial charge in [-0.25, -0.2) is 0 Å². The number of benzene rings is 1. The second-order valence-electron chi connectivity index (χ2n) is 8.17. The quantitative estimate of drug-likeness (QED) is 0.868. The van der Waals surface area contributed by atoms with Crippen molar-refractivity contribution in [1.29, 1.82) is 0 Å². The Kier molecular flexibility index (Phi) is 4.98. The van der Waals surface area contributed by atoms with Crippen LogP contribution in [0.25, 0.3) is 0 Å². The molecule has 0 radical (unpaired) electrons. The first-order valence-electron chi connectivity index (χ1n) is 9.99.